The quantitative estimate of drug-likeness (QED) is 0.773. The van der Waals surface area contributed by atoms with E-state index < -0.39 is 10.0 Å². The first-order valence-corrected chi connectivity index (χ1v) is 11.7. The van der Waals surface area contributed by atoms with Crippen LogP contribution in [-0.4, -0.2) is 48.4 Å². The van der Waals surface area contributed by atoms with E-state index in [-0.39, 0.29) is 16.7 Å². The first-order valence-electron chi connectivity index (χ1n) is 9.46. The number of nitrogens with one attached hydrogen (secondary N) is 1. The number of rotatable bonds is 6. The molecule has 1 N–H and O–H groups in total. The van der Waals surface area contributed by atoms with Crippen LogP contribution in [0.2, 0.25) is 0 Å². The minimum atomic E-state index is -3.52. The molecular formula is C19H26N4O3S2. The van der Waals surface area contributed by atoms with E-state index in [4.69, 9.17) is 0 Å². The summed E-state index contributed by atoms with van der Waals surface area (Å²) in [5.41, 5.74) is 1.77. The Bertz CT molecular complexity index is 915. The molecule has 0 spiro atoms. The average Bonchev–Trinajstić information content (AvgIpc) is 3.12. The predicted molar refractivity (Wildman–Crippen MR) is 109 cm³/mol. The molecule has 1 aromatic heterocycles. The van der Waals surface area contributed by atoms with Gasteiger partial charge >= 0.3 is 0 Å². The number of aromatic nitrogens is 2. The normalized spacial score (nSPS) is 15.9. The zero-order valence-electron chi connectivity index (χ0n) is 16.4. The summed E-state index contributed by atoms with van der Waals surface area (Å²) in [6.07, 6.45) is 1.54. The summed E-state index contributed by atoms with van der Waals surface area (Å²) in [5.74, 6) is 0.549. The van der Waals surface area contributed by atoms with Crippen LogP contribution < -0.4 is 4.72 Å². The third kappa shape index (κ3) is 4.76. The number of nitrogens with zero attached hydrogens (tertiary/aromatic N) is 3. The Balaban J connectivity index is 1.52. The van der Waals surface area contributed by atoms with Crippen LogP contribution in [0.1, 0.15) is 53.5 Å². The van der Waals surface area contributed by atoms with E-state index in [1.165, 1.54) is 0 Å². The first-order chi connectivity index (χ1) is 13.3. The van der Waals surface area contributed by atoms with Gasteiger partial charge in [-0.2, -0.15) is 0 Å². The van der Waals surface area contributed by atoms with Crippen molar-refractivity contribution in [3.63, 3.8) is 0 Å². The molecule has 3 rings (SSSR count). The van der Waals surface area contributed by atoms with Gasteiger partial charge in [-0.1, -0.05) is 30.5 Å². The van der Waals surface area contributed by atoms with Crippen molar-refractivity contribution in [1.82, 2.24) is 19.2 Å². The van der Waals surface area contributed by atoms with Gasteiger partial charge in [0.25, 0.3) is 5.91 Å². The molecule has 152 valence electrons. The van der Waals surface area contributed by atoms with Crippen molar-refractivity contribution in [2.24, 2.45) is 5.92 Å². The molecule has 1 aliphatic rings. The SMILES string of the molecule is Cc1nnsc1C(=O)N1CCC(CNS(=O)(=O)c2ccc(C(C)C)cc2)CC1. The van der Waals surface area contributed by atoms with Crippen molar-refractivity contribution in [3.8, 4) is 0 Å². The van der Waals surface area contributed by atoms with Gasteiger partial charge in [-0.05, 0) is 60.8 Å². The zero-order valence-corrected chi connectivity index (χ0v) is 18.0. The highest BCUT2D eigenvalue weighted by atomic mass is 32.2. The van der Waals surface area contributed by atoms with Crippen molar-refractivity contribution in [3.05, 3.63) is 40.4 Å². The summed E-state index contributed by atoms with van der Waals surface area (Å²) in [4.78, 5) is 15.2. The van der Waals surface area contributed by atoms with E-state index in [0.29, 0.717) is 36.1 Å². The van der Waals surface area contributed by atoms with E-state index >= 15 is 0 Å². The second kappa shape index (κ2) is 8.67. The Labute approximate surface area is 170 Å². The number of hydrogen-bond donors (Lipinski definition) is 1. The van der Waals surface area contributed by atoms with Gasteiger partial charge in [0.2, 0.25) is 10.0 Å². The lowest BCUT2D eigenvalue weighted by atomic mass is 9.97. The highest BCUT2D eigenvalue weighted by Gasteiger charge is 2.27. The fourth-order valence-corrected chi connectivity index (χ4v) is 5.00. The Morgan fingerprint density at radius 2 is 1.89 bits per heavy atom. The molecule has 1 fully saturated rings. The Kier molecular flexibility index (Phi) is 6.47. The third-order valence-electron chi connectivity index (χ3n) is 5.17. The maximum atomic E-state index is 12.5. The number of sulfonamides is 1. The molecule has 2 heterocycles. The van der Waals surface area contributed by atoms with E-state index in [9.17, 15) is 13.2 Å². The van der Waals surface area contributed by atoms with Crippen LogP contribution in [-0.2, 0) is 10.0 Å². The Morgan fingerprint density at radius 3 is 2.43 bits per heavy atom. The molecule has 0 aliphatic carbocycles. The van der Waals surface area contributed by atoms with Crippen molar-refractivity contribution in [1.29, 1.82) is 0 Å². The lowest BCUT2D eigenvalue weighted by Crippen LogP contribution is -2.41. The van der Waals surface area contributed by atoms with Crippen LogP contribution >= 0.6 is 11.5 Å². The molecule has 7 nitrogen and oxygen atoms in total. The van der Waals surface area contributed by atoms with Crippen molar-refractivity contribution >= 4 is 27.5 Å². The summed E-state index contributed by atoms with van der Waals surface area (Å²) in [5, 5.41) is 3.89. The number of carbonyl (C=O) groups excluding carboxylic acids is 1. The number of aryl methyl sites for hydroxylation is 1. The van der Waals surface area contributed by atoms with E-state index in [0.717, 1.165) is 29.9 Å². The van der Waals surface area contributed by atoms with Crippen molar-refractivity contribution in [2.45, 2.75) is 44.4 Å². The number of amides is 1. The largest absolute Gasteiger partial charge is 0.338 e. The monoisotopic (exact) mass is 422 g/mol. The summed E-state index contributed by atoms with van der Waals surface area (Å²) >= 11 is 1.12. The molecule has 0 bridgehead atoms. The summed E-state index contributed by atoms with van der Waals surface area (Å²) in [6.45, 7) is 7.55. The Morgan fingerprint density at radius 1 is 1.25 bits per heavy atom. The molecule has 1 saturated heterocycles. The van der Waals surface area contributed by atoms with Gasteiger partial charge in [0.1, 0.15) is 4.88 Å². The summed E-state index contributed by atoms with van der Waals surface area (Å²) < 4.78 is 31.6. The second-order valence-corrected chi connectivity index (χ2v) is 10.0. The fourth-order valence-electron chi connectivity index (χ4n) is 3.25. The molecule has 0 saturated carbocycles. The molecule has 1 amide bonds. The lowest BCUT2D eigenvalue weighted by molar-refractivity contribution is 0.0696. The van der Waals surface area contributed by atoms with Crippen LogP contribution in [0.25, 0.3) is 0 Å². The van der Waals surface area contributed by atoms with Gasteiger partial charge in [-0.25, -0.2) is 13.1 Å². The molecular weight excluding hydrogens is 396 g/mol. The minimum absolute atomic E-state index is 0.0308. The topological polar surface area (TPSA) is 92.3 Å². The number of piperidine rings is 1. The molecule has 0 radical (unpaired) electrons. The minimum Gasteiger partial charge on any atom is -0.338 e. The highest BCUT2D eigenvalue weighted by Crippen LogP contribution is 2.22. The van der Waals surface area contributed by atoms with Gasteiger partial charge < -0.3 is 4.90 Å². The van der Waals surface area contributed by atoms with Crippen molar-refractivity contribution in [2.75, 3.05) is 19.6 Å². The van der Waals surface area contributed by atoms with Crippen LogP contribution in [0.15, 0.2) is 29.2 Å². The van der Waals surface area contributed by atoms with Crippen LogP contribution in [0, 0.1) is 12.8 Å². The summed E-state index contributed by atoms with van der Waals surface area (Å²) in [6, 6.07) is 7.04. The molecule has 0 unspecified atom stereocenters. The van der Waals surface area contributed by atoms with Crippen molar-refractivity contribution < 1.29 is 13.2 Å². The van der Waals surface area contributed by atoms with Gasteiger partial charge in [0.05, 0.1) is 10.6 Å². The average molecular weight is 423 g/mol. The maximum absolute atomic E-state index is 12.5. The zero-order chi connectivity index (χ0) is 20.3. The smallest absolute Gasteiger partial charge is 0.267 e. The van der Waals surface area contributed by atoms with Gasteiger partial charge in [-0.3, -0.25) is 4.79 Å². The number of likely N-dealkylation sites (tertiary alicyclic amines) is 1. The molecule has 2 aromatic rings. The van der Waals surface area contributed by atoms with Crippen LogP contribution in [0.5, 0.6) is 0 Å². The number of benzene rings is 1. The van der Waals surface area contributed by atoms with Gasteiger partial charge in [-0.15, -0.1) is 5.10 Å². The summed E-state index contributed by atoms with van der Waals surface area (Å²) in [7, 11) is -3.52. The van der Waals surface area contributed by atoms with E-state index in [1.807, 2.05) is 12.1 Å². The number of hydrogen-bond acceptors (Lipinski definition) is 6. The van der Waals surface area contributed by atoms with Gasteiger partial charge in [0, 0.05) is 19.6 Å². The molecule has 28 heavy (non-hydrogen) atoms. The van der Waals surface area contributed by atoms with Crippen LogP contribution in [0.3, 0.4) is 0 Å². The Hall–Kier alpha value is -1.84. The molecule has 1 aromatic carbocycles. The predicted octanol–water partition coefficient (Wildman–Crippen LogP) is 2.80. The fraction of sp³-hybridized carbons (Fsp3) is 0.526. The lowest BCUT2D eigenvalue weighted by Gasteiger charge is -2.31. The highest BCUT2D eigenvalue weighted by molar-refractivity contribution is 7.89. The molecule has 0 atom stereocenters. The van der Waals surface area contributed by atoms with Gasteiger partial charge in [0.15, 0.2) is 0 Å². The number of carbonyl (C=O) groups is 1. The maximum Gasteiger partial charge on any atom is 0.267 e. The second-order valence-electron chi connectivity index (χ2n) is 7.50. The van der Waals surface area contributed by atoms with E-state index in [2.05, 4.69) is 28.2 Å². The molecule has 9 heteroatoms. The third-order valence-corrected chi connectivity index (χ3v) is 7.42. The standard InChI is InChI=1S/C19H26N4O3S2/c1-13(2)16-4-6-17(7-5-16)28(25,26)20-12-15-8-10-23(11-9-15)19(24)18-14(3)21-22-27-18/h4-7,13,15,20H,8-12H2,1-3H3. The molecule has 1 aliphatic heterocycles. The first kappa shape index (κ1) is 20.9. The van der Waals surface area contributed by atoms with E-state index in [1.54, 1.807) is 24.0 Å². The van der Waals surface area contributed by atoms with Crippen LogP contribution in [0.4, 0.5) is 0 Å².